The van der Waals surface area contributed by atoms with Gasteiger partial charge in [0.2, 0.25) is 17.6 Å². The van der Waals surface area contributed by atoms with E-state index in [1.165, 1.54) is 19.1 Å². The van der Waals surface area contributed by atoms with Crippen LogP contribution in [0, 0.1) is 0 Å². The lowest BCUT2D eigenvalue weighted by atomic mass is 10.1. The van der Waals surface area contributed by atoms with E-state index in [1.807, 2.05) is 0 Å². The minimum Gasteiger partial charge on any atom is -0.502 e. The smallest absolute Gasteiger partial charge is 0.231 e. The molecule has 0 heterocycles. The fraction of sp³-hybridized carbons (Fsp3) is 0.385. The standard InChI is InChI=1S/C13H19N3O5/c1-20-9-3-8(4-10(21-2)13(9)19)5-16(6-11(14)17)7-12(15)18/h3-4,19H,5-7H2,1-2H3,(H2,14,17)(H2,15,18). The fourth-order valence-electron chi connectivity index (χ4n) is 1.91. The summed E-state index contributed by atoms with van der Waals surface area (Å²) in [4.78, 5) is 23.5. The number of carbonyl (C=O) groups excluding carboxylic acids is 2. The van der Waals surface area contributed by atoms with Gasteiger partial charge in [-0.2, -0.15) is 0 Å². The number of hydrogen-bond donors (Lipinski definition) is 3. The number of primary amides is 2. The van der Waals surface area contributed by atoms with Crippen molar-refractivity contribution in [2.75, 3.05) is 27.3 Å². The lowest BCUT2D eigenvalue weighted by Crippen LogP contribution is -2.39. The van der Waals surface area contributed by atoms with Gasteiger partial charge in [-0.3, -0.25) is 14.5 Å². The highest BCUT2D eigenvalue weighted by Gasteiger charge is 2.16. The number of aromatic hydroxyl groups is 1. The second-order valence-electron chi connectivity index (χ2n) is 4.43. The van der Waals surface area contributed by atoms with Gasteiger partial charge in [0.15, 0.2) is 11.5 Å². The van der Waals surface area contributed by atoms with E-state index in [-0.39, 0.29) is 36.9 Å². The lowest BCUT2D eigenvalue weighted by Gasteiger charge is -2.20. The molecule has 0 fully saturated rings. The van der Waals surface area contributed by atoms with E-state index in [1.54, 1.807) is 12.1 Å². The number of rotatable bonds is 8. The number of phenolic OH excluding ortho intramolecular Hbond substituents is 1. The average Bonchev–Trinajstić information content (AvgIpc) is 2.38. The molecule has 5 N–H and O–H groups in total. The summed E-state index contributed by atoms with van der Waals surface area (Å²) in [6.45, 7) is -0.0121. The highest BCUT2D eigenvalue weighted by Crippen LogP contribution is 2.37. The molecule has 21 heavy (non-hydrogen) atoms. The Hall–Kier alpha value is -2.48. The van der Waals surface area contributed by atoms with Gasteiger partial charge in [0, 0.05) is 6.54 Å². The van der Waals surface area contributed by atoms with E-state index in [9.17, 15) is 14.7 Å². The van der Waals surface area contributed by atoms with Crippen molar-refractivity contribution in [3.63, 3.8) is 0 Å². The topological polar surface area (TPSA) is 128 Å². The van der Waals surface area contributed by atoms with Crippen LogP contribution in [0.3, 0.4) is 0 Å². The summed E-state index contributed by atoms with van der Waals surface area (Å²) < 4.78 is 10.1. The molecule has 1 aromatic rings. The number of methoxy groups -OCH3 is 2. The molecule has 0 atom stereocenters. The molecule has 116 valence electrons. The van der Waals surface area contributed by atoms with Crippen molar-refractivity contribution >= 4 is 11.8 Å². The first-order chi connectivity index (χ1) is 9.87. The van der Waals surface area contributed by atoms with E-state index in [0.29, 0.717) is 5.56 Å². The zero-order valence-corrected chi connectivity index (χ0v) is 12.0. The molecular weight excluding hydrogens is 278 g/mol. The van der Waals surface area contributed by atoms with Crippen LogP contribution in [0.4, 0.5) is 0 Å². The van der Waals surface area contributed by atoms with Crippen molar-refractivity contribution in [1.29, 1.82) is 0 Å². The maximum Gasteiger partial charge on any atom is 0.231 e. The molecule has 0 aliphatic rings. The number of hydrogen-bond acceptors (Lipinski definition) is 6. The lowest BCUT2D eigenvalue weighted by molar-refractivity contribution is -0.122. The fourth-order valence-corrected chi connectivity index (χ4v) is 1.91. The maximum absolute atomic E-state index is 11.0. The predicted octanol–water partition coefficient (Wildman–Crippen LogP) is -0.818. The van der Waals surface area contributed by atoms with Gasteiger partial charge in [-0.1, -0.05) is 0 Å². The Morgan fingerprint density at radius 2 is 1.52 bits per heavy atom. The van der Waals surface area contributed by atoms with Gasteiger partial charge in [-0.25, -0.2) is 0 Å². The van der Waals surface area contributed by atoms with Gasteiger partial charge in [0.1, 0.15) is 0 Å². The summed E-state index contributed by atoms with van der Waals surface area (Å²) >= 11 is 0. The van der Waals surface area contributed by atoms with Gasteiger partial charge >= 0.3 is 0 Å². The first-order valence-electron chi connectivity index (χ1n) is 6.10. The minimum atomic E-state index is -0.575. The Morgan fingerprint density at radius 1 is 1.10 bits per heavy atom. The van der Waals surface area contributed by atoms with Crippen LogP contribution in [0.1, 0.15) is 5.56 Å². The minimum absolute atomic E-state index is 0.117. The van der Waals surface area contributed by atoms with Crippen molar-refractivity contribution in [1.82, 2.24) is 4.90 Å². The molecule has 1 rings (SSSR count). The molecule has 0 spiro atoms. The van der Waals surface area contributed by atoms with E-state index in [2.05, 4.69) is 0 Å². The molecule has 0 aliphatic heterocycles. The highest BCUT2D eigenvalue weighted by molar-refractivity contribution is 5.79. The Bertz CT molecular complexity index is 492. The second-order valence-corrected chi connectivity index (χ2v) is 4.43. The number of nitrogens with two attached hydrogens (primary N) is 2. The first-order valence-corrected chi connectivity index (χ1v) is 6.10. The Labute approximate surface area is 122 Å². The third-order valence-corrected chi connectivity index (χ3v) is 2.70. The largest absolute Gasteiger partial charge is 0.502 e. The summed E-state index contributed by atoms with van der Waals surface area (Å²) in [6.07, 6.45) is 0. The van der Waals surface area contributed by atoms with Gasteiger partial charge < -0.3 is 26.0 Å². The van der Waals surface area contributed by atoms with Gasteiger partial charge in [0.25, 0.3) is 0 Å². The summed E-state index contributed by atoms with van der Waals surface area (Å²) in [5.74, 6) is -0.826. The van der Waals surface area contributed by atoms with Crippen LogP contribution in [0.25, 0.3) is 0 Å². The maximum atomic E-state index is 11.0. The van der Waals surface area contributed by atoms with Crippen LogP contribution in [0.2, 0.25) is 0 Å². The SMILES string of the molecule is COc1cc(CN(CC(N)=O)CC(N)=O)cc(OC)c1O. The van der Waals surface area contributed by atoms with Crippen LogP contribution in [0.5, 0.6) is 17.2 Å². The number of nitrogens with zero attached hydrogens (tertiary/aromatic N) is 1. The van der Waals surface area contributed by atoms with E-state index < -0.39 is 11.8 Å². The predicted molar refractivity (Wildman–Crippen MR) is 74.9 cm³/mol. The van der Waals surface area contributed by atoms with Crippen molar-refractivity contribution < 1.29 is 24.2 Å². The van der Waals surface area contributed by atoms with Crippen LogP contribution in [0.15, 0.2) is 12.1 Å². The van der Waals surface area contributed by atoms with Crippen molar-refractivity contribution in [2.24, 2.45) is 11.5 Å². The summed E-state index contributed by atoms with van der Waals surface area (Å²) in [7, 11) is 2.81. The Morgan fingerprint density at radius 3 is 1.86 bits per heavy atom. The van der Waals surface area contributed by atoms with Crippen LogP contribution in [-0.2, 0) is 16.1 Å². The molecular formula is C13H19N3O5. The highest BCUT2D eigenvalue weighted by atomic mass is 16.5. The summed E-state index contributed by atoms with van der Waals surface area (Å²) in [5, 5.41) is 9.83. The summed E-state index contributed by atoms with van der Waals surface area (Å²) in [5.41, 5.74) is 10.9. The quantitative estimate of drug-likeness (QED) is 0.575. The van der Waals surface area contributed by atoms with Crippen molar-refractivity contribution in [2.45, 2.75) is 6.54 Å². The molecule has 0 radical (unpaired) electrons. The zero-order valence-electron chi connectivity index (χ0n) is 12.0. The second kappa shape index (κ2) is 7.34. The molecule has 2 amide bonds. The monoisotopic (exact) mass is 297 g/mol. The normalized spacial score (nSPS) is 10.4. The van der Waals surface area contributed by atoms with Crippen LogP contribution >= 0.6 is 0 Å². The van der Waals surface area contributed by atoms with Crippen LogP contribution in [-0.4, -0.2) is 49.1 Å². The molecule has 1 aromatic carbocycles. The number of carbonyl (C=O) groups is 2. The van der Waals surface area contributed by atoms with E-state index in [0.717, 1.165) is 0 Å². The zero-order chi connectivity index (χ0) is 16.0. The third kappa shape index (κ3) is 4.84. The van der Waals surface area contributed by atoms with E-state index >= 15 is 0 Å². The molecule has 0 saturated carbocycles. The molecule has 0 aromatic heterocycles. The van der Waals surface area contributed by atoms with Gasteiger partial charge in [-0.05, 0) is 17.7 Å². The molecule has 0 saturated heterocycles. The van der Waals surface area contributed by atoms with Gasteiger partial charge in [0.05, 0.1) is 27.3 Å². The number of ether oxygens (including phenoxy) is 2. The van der Waals surface area contributed by atoms with Crippen LogP contribution < -0.4 is 20.9 Å². The molecule has 8 nitrogen and oxygen atoms in total. The molecule has 0 aliphatic carbocycles. The van der Waals surface area contributed by atoms with Crippen molar-refractivity contribution in [3.8, 4) is 17.2 Å². The van der Waals surface area contributed by atoms with Crippen molar-refractivity contribution in [3.05, 3.63) is 17.7 Å². The molecule has 0 unspecified atom stereocenters. The molecule has 0 bridgehead atoms. The third-order valence-electron chi connectivity index (χ3n) is 2.70. The number of phenols is 1. The van der Waals surface area contributed by atoms with Gasteiger partial charge in [-0.15, -0.1) is 0 Å². The average molecular weight is 297 g/mol. The van der Waals surface area contributed by atoms with E-state index in [4.69, 9.17) is 20.9 Å². The first kappa shape index (κ1) is 16.6. The number of benzene rings is 1. The summed E-state index contributed by atoms with van der Waals surface area (Å²) in [6, 6.07) is 3.15. The number of amides is 2. The Kier molecular flexibility index (Phi) is 5.79. The molecule has 8 heteroatoms. The Balaban J connectivity index is 3.01.